The molecule has 0 spiro atoms. The highest BCUT2D eigenvalue weighted by molar-refractivity contribution is 6.21. The van der Waals surface area contributed by atoms with Gasteiger partial charge in [0.15, 0.2) is 5.78 Å². The van der Waals surface area contributed by atoms with Crippen LogP contribution in [0.4, 0.5) is 0 Å². The van der Waals surface area contributed by atoms with Gasteiger partial charge in [-0.05, 0) is 13.0 Å². The zero-order valence-corrected chi connectivity index (χ0v) is 7.53. The Morgan fingerprint density at radius 2 is 2.21 bits per heavy atom. The normalized spacial score (nSPS) is 12.8. The number of hydrogen-bond donors (Lipinski definition) is 1. The molecule has 0 radical (unpaired) electrons. The average Bonchev–Trinajstić information content (AvgIpc) is 2.70. The maximum atomic E-state index is 11.9. The molecule has 0 saturated carbocycles. The number of hydrogen-bond acceptors (Lipinski definition) is 3. The third-order valence-electron chi connectivity index (χ3n) is 2.50. The molecule has 14 heavy (non-hydrogen) atoms. The lowest BCUT2D eigenvalue weighted by Crippen LogP contribution is -1.96. The van der Waals surface area contributed by atoms with Crippen LogP contribution in [0.5, 0.6) is 0 Å². The molecular weight excluding hydrogens is 178 g/mol. The highest BCUT2D eigenvalue weighted by atomic mass is 16.1. The number of carbonyl (C=O) groups is 1. The van der Waals surface area contributed by atoms with Crippen LogP contribution in [0.15, 0.2) is 18.5 Å². The van der Waals surface area contributed by atoms with Crippen LogP contribution >= 0.6 is 0 Å². The minimum Gasteiger partial charge on any atom is -0.288 e. The number of fused-ring (bicyclic) bond motifs is 3. The zero-order valence-electron chi connectivity index (χ0n) is 7.53. The van der Waals surface area contributed by atoms with Crippen molar-refractivity contribution < 1.29 is 4.79 Å². The quantitative estimate of drug-likeness (QED) is 0.574. The first kappa shape index (κ1) is 7.44. The number of nitrogens with zero attached hydrogens (tertiary/aromatic N) is 2. The van der Waals surface area contributed by atoms with Gasteiger partial charge in [0.05, 0.1) is 5.56 Å². The predicted molar refractivity (Wildman–Crippen MR) is 50.0 cm³/mol. The van der Waals surface area contributed by atoms with E-state index in [1.54, 1.807) is 18.5 Å². The van der Waals surface area contributed by atoms with Gasteiger partial charge in [0.1, 0.15) is 5.69 Å². The first-order valence-electron chi connectivity index (χ1n) is 4.33. The molecular formula is C10H7N3O. The summed E-state index contributed by atoms with van der Waals surface area (Å²) in [5.41, 5.74) is 3.77. The minimum absolute atomic E-state index is 0.0450. The topological polar surface area (TPSA) is 58.6 Å². The van der Waals surface area contributed by atoms with Gasteiger partial charge in [-0.2, -0.15) is 5.10 Å². The molecule has 0 atom stereocenters. The van der Waals surface area contributed by atoms with E-state index in [0.717, 1.165) is 17.0 Å². The molecule has 0 aromatic carbocycles. The van der Waals surface area contributed by atoms with Crippen LogP contribution in [-0.2, 0) is 0 Å². The van der Waals surface area contributed by atoms with E-state index in [1.165, 1.54) is 0 Å². The van der Waals surface area contributed by atoms with Gasteiger partial charge in [-0.15, -0.1) is 0 Å². The van der Waals surface area contributed by atoms with Crippen LogP contribution in [0, 0.1) is 6.92 Å². The van der Waals surface area contributed by atoms with E-state index in [-0.39, 0.29) is 5.78 Å². The largest absolute Gasteiger partial charge is 0.288 e. The smallest absolute Gasteiger partial charge is 0.197 e. The molecule has 0 aliphatic heterocycles. The molecule has 1 aliphatic carbocycles. The summed E-state index contributed by atoms with van der Waals surface area (Å²) in [5.74, 6) is 0.0450. The van der Waals surface area contributed by atoms with E-state index in [1.807, 2.05) is 6.92 Å². The highest BCUT2D eigenvalue weighted by Gasteiger charge is 2.30. The van der Waals surface area contributed by atoms with Crippen LogP contribution in [0.1, 0.15) is 21.6 Å². The summed E-state index contributed by atoms with van der Waals surface area (Å²) < 4.78 is 0. The number of carbonyl (C=O) groups excluding carboxylic acids is 1. The van der Waals surface area contributed by atoms with Crippen molar-refractivity contribution in [2.45, 2.75) is 6.92 Å². The fraction of sp³-hybridized carbons (Fsp3) is 0.100. The van der Waals surface area contributed by atoms with Crippen molar-refractivity contribution in [1.82, 2.24) is 15.2 Å². The first-order valence-corrected chi connectivity index (χ1v) is 4.33. The number of aromatic amines is 1. The summed E-state index contributed by atoms with van der Waals surface area (Å²) in [7, 11) is 0. The Morgan fingerprint density at radius 1 is 1.36 bits per heavy atom. The van der Waals surface area contributed by atoms with Crippen molar-refractivity contribution in [2.24, 2.45) is 0 Å². The lowest BCUT2D eigenvalue weighted by Gasteiger charge is -1.94. The fourth-order valence-electron chi connectivity index (χ4n) is 1.82. The Balaban J connectivity index is 2.42. The molecule has 68 valence electrons. The van der Waals surface area contributed by atoms with E-state index >= 15 is 0 Å². The van der Waals surface area contributed by atoms with Gasteiger partial charge >= 0.3 is 0 Å². The molecule has 1 N–H and O–H groups in total. The molecule has 4 nitrogen and oxygen atoms in total. The summed E-state index contributed by atoms with van der Waals surface area (Å²) in [6, 6.07) is 1.73. The third kappa shape index (κ3) is 0.706. The first-order chi connectivity index (χ1) is 6.79. The second-order valence-electron chi connectivity index (χ2n) is 3.32. The van der Waals surface area contributed by atoms with E-state index in [0.29, 0.717) is 11.1 Å². The van der Waals surface area contributed by atoms with Crippen molar-refractivity contribution in [3.8, 4) is 11.3 Å². The molecule has 2 aromatic rings. The van der Waals surface area contributed by atoms with Crippen molar-refractivity contribution in [1.29, 1.82) is 0 Å². The number of ketones is 1. The van der Waals surface area contributed by atoms with Crippen molar-refractivity contribution >= 4 is 5.78 Å². The number of rotatable bonds is 0. The molecule has 2 heterocycles. The maximum Gasteiger partial charge on any atom is 0.197 e. The van der Waals surface area contributed by atoms with Crippen LogP contribution < -0.4 is 0 Å². The van der Waals surface area contributed by atoms with Gasteiger partial charge in [-0.1, -0.05) is 0 Å². The van der Waals surface area contributed by atoms with Crippen molar-refractivity contribution in [2.75, 3.05) is 0 Å². The van der Waals surface area contributed by atoms with Crippen LogP contribution in [0.3, 0.4) is 0 Å². The van der Waals surface area contributed by atoms with E-state index in [4.69, 9.17) is 0 Å². The fourth-order valence-corrected chi connectivity index (χ4v) is 1.82. The van der Waals surface area contributed by atoms with Gasteiger partial charge in [0.2, 0.25) is 0 Å². The van der Waals surface area contributed by atoms with Crippen molar-refractivity contribution in [3.63, 3.8) is 0 Å². The van der Waals surface area contributed by atoms with Gasteiger partial charge in [-0.3, -0.25) is 14.9 Å². The Morgan fingerprint density at radius 3 is 3.07 bits per heavy atom. The number of aromatic nitrogens is 3. The molecule has 0 amide bonds. The second kappa shape index (κ2) is 2.29. The monoisotopic (exact) mass is 185 g/mol. The molecule has 0 unspecified atom stereocenters. The summed E-state index contributed by atoms with van der Waals surface area (Å²) >= 11 is 0. The summed E-state index contributed by atoms with van der Waals surface area (Å²) in [5, 5.41) is 6.91. The van der Waals surface area contributed by atoms with Gasteiger partial charge in [0.25, 0.3) is 0 Å². The summed E-state index contributed by atoms with van der Waals surface area (Å²) in [6.07, 6.45) is 3.31. The van der Waals surface area contributed by atoms with Gasteiger partial charge < -0.3 is 0 Å². The van der Waals surface area contributed by atoms with Crippen LogP contribution in [0.2, 0.25) is 0 Å². The van der Waals surface area contributed by atoms with Gasteiger partial charge in [0, 0.05) is 29.2 Å². The van der Waals surface area contributed by atoms with Gasteiger partial charge in [-0.25, -0.2) is 0 Å². The molecule has 3 rings (SSSR count). The standard InChI is InChI=1S/C10H7N3O/c1-5-8-9(13-12-5)7-4-11-3-2-6(7)10(8)14/h2-4H,1H3,(H,12,13). The Labute approximate surface area is 80.0 Å². The molecule has 0 bridgehead atoms. The number of H-pyrrole nitrogens is 1. The van der Waals surface area contributed by atoms with E-state index < -0.39 is 0 Å². The molecule has 1 aliphatic rings. The number of pyridine rings is 1. The van der Waals surface area contributed by atoms with E-state index in [9.17, 15) is 4.79 Å². The molecule has 2 aromatic heterocycles. The Hall–Kier alpha value is -1.97. The molecule has 0 fully saturated rings. The lowest BCUT2D eigenvalue weighted by molar-refractivity contribution is 0.104. The highest BCUT2D eigenvalue weighted by Crippen LogP contribution is 2.35. The predicted octanol–water partition coefficient (Wildman–Crippen LogP) is 1.32. The number of nitrogens with one attached hydrogen (secondary N) is 1. The molecule has 0 saturated heterocycles. The maximum absolute atomic E-state index is 11.9. The summed E-state index contributed by atoms with van der Waals surface area (Å²) in [4.78, 5) is 15.9. The van der Waals surface area contributed by atoms with Crippen LogP contribution in [-0.4, -0.2) is 21.0 Å². The van der Waals surface area contributed by atoms with E-state index in [2.05, 4.69) is 15.2 Å². The SMILES string of the molecule is Cc1[nH]nc2c1C(=O)c1ccncc1-2. The number of aryl methyl sites for hydroxylation is 1. The van der Waals surface area contributed by atoms with Crippen molar-refractivity contribution in [3.05, 3.63) is 35.3 Å². The molecule has 4 heteroatoms. The summed E-state index contributed by atoms with van der Waals surface area (Å²) in [6.45, 7) is 1.85. The minimum atomic E-state index is 0.0450. The Kier molecular flexibility index (Phi) is 1.21. The third-order valence-corrected chi connectivity index (χ3v) is 2.50. The average molecular weight is 185 g/mol. The lowest BCUT2D eigenvalue weighted by atomic mass is 10.1. The zero-order chi connectivity index (χ0) is 9.71. The Bertz CT molecular complexity index is 542. The second-order valence-corrected chi connectivity index (χ2v) is 3.32. The van der Waals surface area contributed by atoms with Crippen LogP contribution in [0.25, 0.3) is 11.3 Å².